The summed E-state index contributed by atoms with van der Waals surface area (Å²) in [5.41, 5.74) is 1.58. The number of aromatic nitrogens is 1. The molecule has 3 N–H and O–H groups in total. The molecule has 23 heavy (non-hydrogen) atoms. The van der Waals surface area contributed by atoms with Gasteiger partial charge in [-0.3, -0.25) is 4.79 Å². The maximum Gasteiger partial charge on any atom is 0.356 e. The monoisotopic (exact) mass is 334 g/mol. The summed E-state index contributed by atoms with van der Waals surface area (Å²) in [5.74, 6) is 1.60. The van der Waals surface area contributed by atoms with Crippen LogP contribution in [-0.4, -0.2) is 55.1 Å². The quantitative estimate of drug-likeness (QED) is 0.713. The molecule has 1 aliphatic heterocycles. The zero-order chi connectivity index (χ0) is 16.2. The Morgan fingerprint density at radius 3 is 2.78 bits per heavy atom. The molecule has 1 amide bonds. The van der Waals surface area contributed by atoms with Crippen LogP contribution in [0.5, 0.6) is 0 Å². The van der Waals surface area contributed by atoms with Gasteiger partial charge in [-0.25, -0.2) is 4.79 Å². The van der Waals surface area contributed by atoms with Gasteiger partial charge in [-0.2, -0.15) is 11.8 Å². The van der Waals surface area contributed by atoms with E-state index in [0.717, 1.165) is 35.5 Å². The van der Waals surface area contributed by atoms with Crippen molar-refractivity contribution in [2.45, 2.75) is 0 Å². The summed E-state index contributed by atoms with van der Waals surface area (Å²) < 4.78 is 4.81. The lowest BCUT2D eigenvalue weighted by molar-refractivity contribution is -0.887. The van der Waals surface area contributed by atoms with Crippen LogP contribution in [-0.2, 0) is 9.53 Å². The first-order valence-corrected chi connectivity index (χ1v) is 8.74. The number of nitrogens with one attached hydrogen (secondary N) is 3. The third kappa shape index (κ3) is 3.51. The lowest BCUT2D eigenvalue weighted by atomic mass is 10.2. The summed E-state index contributed by atoms with van der Waals surface area (Å²) in [5, 5.41) is 3.71. The molecule has 2 aromatic rings. The minimum Gasteiger partial charge on any atom is -0.464 e. The number of rotatable bonds is 4. The summed E-state index contributed by atoms with van der Waals surface area (Å²) in [7, 11) is 1.33. The first-order chi connectivity index (χ1) is 11.2. The van der Waals surface area contributed by atoms with Gasteiger partial charge in [-0.1, -0.05) is 18.2 Å². The van der Waals surface area contributed by atoms with Gasteiger partial charge in [0.2, 0.25) is 0 Å². The maximum absolute atomic E-state index is 12.4. The Morgan fingerprint density at radius 1 is 1.30 bits per heavy atom. The van der Waals surface area contributed by atoms with Crippen molar-refractivity contribution in [3.63, 3.8) is 0 Å². The number of amides is 1. The molecular formula is C16H20N3O3S+. The van der Waals surface area contributed by atoms with E-state index >= 15 is 0 Å². The van der Waals surface area contributed by atoms with Crippen molar-refractivity contribution < 1.29 is 19.2 Å². The number of methoxy groups -OCH3 is 1. The van der Waals surface area contributed by atoms with Gasteiger partial charge in [0.05, 0.1) is 25.9 Å². The van der Waals surface area contributed by atoms with Crippen LogP contribution < -0.4 is 10.2 Å². The number of carbonyl (C=O) groups is 2. The Kier molecular flexibility index (Phi) is 4.88. The number of fused-ring (bicyclic) bond motifs is 1. The Labute approximate surface area is 138 Å². The SMILES string of the molecule is COC(=O)c1[nH]c2ccccc2c1NC(=O)C[NH+]1CCSCC1. The van der Waals surface area contributed by atoms with Crippen LogP contribution in [0.25, 0.3) is 10.9 Å². The lowest BCUT2D eigenvalue weighted by Crippen LogP contribution is -3.14. The van der Waals surface area contributed by atoms with Crippen LogP contribution in [0.15, 0.2) is 24.3 Å². The second-order valence-electron chi connectivity index (χ2n) is 5.50. The second-order valence-corrected chi connectivity index (χ2v) is 6.72. The second kappa shape index (κ2) is 7.06. The highest BCUT2D eigenvalue weighted by molar-refractivity contribution is 7.99. The molecule has 7 heteroatoms. The number of H-pyrrole nitrogens is 1. The third-order valence-corrected chi connectivity index (χ3v) is 4.96. The molecule has 2 heterocycles. The van der Waals surface area contributed by atoms with Crippen molar-refractivity contribution in [3.05, 3.63) is 30.0 Å². The number of thioether (sulfide) groups is 1. The molecule has 122 valence electrons. The molecule has 3 rings (SSSR count). The van der Waals surface area contributed by atoms with Crippen LogP contribution in [0.3, 0.4) is 0 Å². The number of benzene rings is 1. The standard InChI is InChI=1S/C16H19N3O3S/c1-22-16(21)15-14(11-4-2-3-5-12(11)17-15)18-13(20)10-19-6-8-23-9-7-19/h2-5,17H,6-10H2,1H3,(H,18,20)/p+1. The minimum absolute atomic E-state index is 0.0817. The number of anilines is 1. The molecule has 1 aromatic heterocycles. The van der Waals surface area contributed by atoms with E-state index in [1.807, 2.05) is 36.0 Å². The number of ether oxygens (including phenoxy) is 1. The number of hydrogen-bond donors (Lipinski definition) is 3. The van der Waals surface area contributed by atoms with Crippen LogP contribution in [0.1, 0.15) is 10.5 Å². The summed E-state index contributed by atoms with van der Waals surface area (Å²) in [6, 6.07) is 7.49. The maximum atomic E-state index is 12.4. The summed E-state index contributed by atoms with van der Waals surface area (Å²) in [4.78, 5) is 28.6. The van der Waals surface area contributed by atoms with E-state index in [0.29, 0.717) is 12.2 Å². The van der Waals surface area contributed by atoms with Crippen LogP contribution in [0.2, 0.25) is 0 Å². The average Bonchev–Trinajstić information content (AvgIpc) is 2.94. The molecule has 1 fully saturated rings. The van der Waals surface area contributed by atoms with Crippen LogP contribution in [0, 0.1) is 0 Å². The highest BCUT2D eigenvalue weighted by Gasteiger charge is 2.22. The number of hydrogen-bond acceptors (Lipinski definition) is 4. The van der Waals surface area contributed by atoms with Crippen molar-refractivity contribution >= 4 is 40.2 Å². The fourth-order valence-electron chi connectivity index (χ4n) is 2.77. The van der Waals surface area contributed by atoms with Crippen molar-refractivity contribution in [3.8, 4) is 0 Å². The molecule has 6 nitrogen and oxygen atoms in total. The van der Waals surface area contributed by atoms with Gasteiger partial charge in [0.25, 0.3) is 5.91 Å². The highest BCUT2D eigenvalue weighted by Crippen LogP contribution is 2.28. The summed E-state index contributed by atoms with van der Waals surface area (Å²) in [6.45, 7) is 2.41. The average molecular weight is 334 g/mol. The summed E-state index contributed by atoms with van der Waals surface area (Å²) in [6.07, 6.45) is 0. The van der Waals surface area contributed by atoms with E-state index < -0.39 is 5.97 Å². The molecule has 1 saturated heterocycles. The van der Waals surface area contributed by atoms with Gasteiger partial charge in [-0.15, -0.1) is 0 Å². The fourth-order valence-corrected chi connectivity index (χ4v) is 3.84. The van der Waals surface area contributed by atoms with Gasteiger partial charge >= 0.3 is 5.97 Å². The third-order valence-electron chi connectivity index (χ3n) is 3.97. The fraction of sp³-hybridized carbons (Fsp3) is 0.375. The van der Waals surface area contributed by atoms with Crippen LogP contribution in [0.4, 0.5) is 5.69 Å². The predicted octanol–water partition coefficient (Wildman–Crippen LogP) is 0.525. The summed E-state index contributed by atoms with van der Waals surface area (Å²) >= 11 is 1.92. The molecule has 0 radical (unpaired) electrons. The van der Waals surface area contributed by atoms with Crippen molar-refractivity contribution in [1.82, 2.24) is 4.98 Å². The predicted molar refractivity (Wildman–Crippen MR) is 91.2 cm³/mol. The molecule has 0 atom stereocenters. The first kappa shape index (κ1) is 15.9. The zero-order valence-electron chi connectivity index (χ0n) is 13.0. The number of aromatic amines is 1. The normalized spacial score (nSPS) is 15.5. The molecule has 1 aliphatic rings. The highest BCUT2D eigenvalue weighted by atomic mass is 32.2. The smallest absolute Gasteiger partial charge is 0.356 e. The molecular weight excluding hydrogens is 314 g/mol. The molecule has 0 unspecified atom stereocenters. The number of para-hydroxylation sites is 1. The minimum atomic E-state index is -0.488. The Balaban J connectivity index is 1.82. The Bertz CT molecular complexity index is 722. The Morgan fingerprint density at radius 2 is 2.04 bits per heavy atom. The van der Waals surface area contributed by atoms with E-state index in [2.05, 4.69) is 10.3 Å². The van der Waals surface area contributed by atoms with E-state index in [1.54, 1.807) is 0 Å². The van der Waals surface area contributed by atoms with Gasteiger partial charge < -0.3 is 19.9 Å². The van der Waals surface area contributed by atoms with Gasteiger partial charge in [0, 0.05) is 22.4 Å². The van der Waals surface area contributed by atoms with E-state index in [-0.39, 0.29) is 11.6 Å². The van der Waals surface area contributed by atoms with Crippen molar-refractivity contribution in [2.24, 2.45) is 0 Å². The molecule has 0 spiro atoms. The topological polar surface area (TPSA) is 75.6 Å². The Hall–Kier alpha value is -1.99. The first-order valence-electron chi connectivity index (χ1n) is 7.59. The molecule has 0 bridgehead atoms. The van der Waals surface area contributed by atoms with E-state index in [1.165, 1.54) is 12.0 Å². The molecule has 1 aromatic carbocycles. The lowest BCUT2D eigenvalue weighted by Gasteiger charge is -2.22. The van der Waals surface area contributed by atoms with E-state index in [9.17, 15) is 9.59 Å². The van der Waals surface area contributed by atoms with Crippen molar-refractivity contribution in [2.75, 3.05) is 43.6 Å². The van der Waals surface area contributed by atoms with Crippen LogP contribution >= 0.6 is 11.8 Å². The zero-order valence-corrected chi connectivity index (χ0v) is 13.8. The van der Waals surface area contributed by atoms with Gasteiger partial charge in [0.1, 0.15) is 5.69 Å². The number of esters is 1. The van der Waals surface area contributed by atoms with Crippen molar-refractivity contribution in [1.29, 1.82) is 0 Å². The number of carbonyl (C=O) groups excluding carboxylic acids is 2. The van der Waals surface area contributed by atoms with Gasteiger partial charge in [-0.05, 0) is 6.07 Å². The van der Waals surface area contributed by atoms with Gasteiger partial charge in [0.15, 0.2) is 6.54 Å². The molecule has 0 saturated carbocycles. The largest absolute Gasteiger partial charge is 0.464 e. The van der Waals surface area contributed by atoms with E-state index in [4.69, 9.17) is 4.74 Å². The number of quaternary nitrogens is 1. The molecule has 0 aliphatic carbocycles.